The number of fused-ring (bicyclic) bond motifs is 1. The van der Waals surface area contributed by atoms with Gasteiger partial charge in [-0.1, -0.05) is 42.5 Å². The minimum absolute atomic E-state index is 0.0344. The molecular weight excluding hydrogens is 444 g/mol. The predicted octanol–water partition coefficient (Wildman–Crippen LogP) is 2.30. The van der Waals surface area contributed by atoms with Crippen LogP contribution in [-0.2, 0) is 23.0 Å². The third-order valence-corrected chi connectivity index (χ3v) is 6.89. The standard InChI is InChI=1S/C23H24N4O5S/c28-21-20-8-4-1-5-17(20)15-27(21)23(30)24-14-13-16-9-11-19(12-10-16)33(31,32)26-22(29)25-18-6-2-3-7-18/h1-2,4-6,8-12,18H,3,7,13-15H2,(H,24,30)(H2,25,26,29). The van der Waals surface area contributed by atoms with Crippen molar-refractivity contribution < 1.29 is 22.8 Å². The van der Waals surface area contributed by atoms with E-state index in [1.807, 2.05) is 29.0 Å². The minimum atomic E-state index is -4.00. The summed E-state index contributed by atoms with van der Waals surface area (Å²) in [6.07, 6.45) is 5.81. The summed E-state index contributed by atoms with van der Waals surface area (Å²) in [5.74, 6) is -0.321. The number of carbonyl (C=O) groups excluding carboxylic acids is 3. The van der Waals surface area contributed by atoms with Crippen molar-refractivity contribution in [3.8, 4) is 0 Å². The molecule has 10 heteroatoms. The van der Waals surface area contributed by atoms with Crippen molar-refractivity contribution in [1.29, 1.82) is 0 Å². The fourth-order valence-electron chi connectivity index (χ4n) is 3.79. The number of hydrogen-bond acceptors (Lipinski definition) is 5. The number of amides is 5. The van der Waals surface area contributed by atoms with E-state index in [1.165, 1.54) is 17.0 Å². The summed E-state index contributed by atoms with van der Waals surface area (Å²) in [6, 6.07) is 11.8. The zero-order valence-electron chi connectivity index (χ0n) is 17.8. The lowest BCUT2D eigenvalue weighted by Gasteiger charge is -2.15. The maximum absolute atomic E-state index is 12.4. The lowest BCUT2D eigenvalue weighted by Crippen LogP contribution is -2.43. The average molecular weight is 469 g/mol. The predicted molar refractivity (Wildman–Crippen MR) is 121 cm³/mol. The van der Waals surface area contributed by atoms with Gasteiger partial charge in [0.1, 0.15) is 0 Å². The van der Waals surface area contributed by atoms with E-state index in [0.717, 1.165) is 24.0 Å². The van der Waals surface area contributed by atoms with E-state index < -0.39 is 22.1 Å². The van der Waals surface area contributed by atoms with Crippen molar-refractivity contribution in [3.05, 3.63) is 77.4 Å². The van der Waals surface area contributed by atoms with Crippen LogP contribution < -0.4 is 15.4 Å². The molecule has 0 fully saturated rings. The number of sulfonamides is 1. The van der Waals surface area contributed by atoms with Crippen molar-refractivity contribution in [2.45, 2.75) is 36.7 Å². The minimum Gasteiger partial charge on any atom is -0.337 e. The molecule has 1 heterocycles. The molecule has 0 spiro atoms. The van der Waals surface area contributed by atoms with E-state index in [4.69, 9.17) is 0 Å². The Bertz CT molecular complexity index is 1210. The van der Waals surface area contributed by atoms with E-state index in [-0.39, 0.29) is 29.9 Å². The van der Waals surface area contributed by atoms with Gasteiger partial charge in [-0.2, -0.15) is 0 Å². The van der Waals surface area contributed by atoms with E-state index in [2.05, 4.69) is 10.6 Å². The van der Waals surface area contributed by atoms with Crippen LogP contribution in [0.2, 0.25) is 0 Å². The average Bonchev–Trinajstić information content (AvgIpc) is 3.41. The fourth-order valence-corrected chi connectivity index (χ4v) is 4.71. The highest BCUT2D eigenvalue weighted by Crippen LogP contribution is 2.22. The molecule has 1 aliphatic carbocycles. The van der Waals surface area contributed by atoms with Crippen LogP contribution in [0.15, 0.2) is 65.6 Å². The molecule has 2 aromatic rings. The molecule has 2 aromatic carbocycles. The first-order valence-corrected chi connectivity index (χ1v) is 12.1. The van der Waals surface area contributed by atoms with Crippen LogP contribution in [0.3, 0.4) is 0 Å². The topological polar surface area (TPSA) is 125 Å². The highest BCUT2D eigenvalue weighted by Gasteiger charge is 2.31. The van der Waals surface area contributed by atoms with Gasteiger partial charge in [-0.3, -0.25) is 9.69 Å². The molecule has 0 saturated heterocycles. The molecule has 1 unspecified atom stereocenters. The van der Waals surface area contributed by atoms with Crippen LogP contribution in [0, 0.1) is 0 Å². The molecule has 0 aromatic heterocycles. The first-order valence-electron chi connectivity index (χ1n) is 10.6. The van der Waals surface area contributed by atoms with Gasteiger partial charge in [-0.15, -0.1) is 0 Å². The second-order valence-corrected chi connectivity index (χ2v) is 9.55. The number of imide groups is 1. The Morgan fingerprint density at radius 2 is 1.82 bits per heavy atom. The quantitative estimate of drug-likeness (QED) is 0.561. The summed E-state index contributed by atoms with van der Waals surface area (Å²) < 4.78 is 26.8. The monoisotopic (exact) mass is 468 g/mol. The van der Waals surface area contributed by atoms with E-state index in [1.54, 1.807) is 24.3 Å². The van der Waals surface area contributed by atoms with Crippen molar-refractivity contribution in [2.75, 3.05) is 6.54 Å². The van der Waals surface area contributed by atoms with Gasteiger partial charge in [0.05, 0.1) is 11.4 Å². The second-order valence-electron chi connectivity index (χ2n) is 7.87. The van der Waals surface area contributed by atoms with Crippen LogP contribution in [0.25, 0.3) is 0 Å². The Labute approximate surface area is 191 Å². The lowest BCUT2D eigenvalue weighted by molar-refractivity contribution is 0.0821. The summed E-state index contributed by atoms with van der Waals surface area (Å²) in [6.45, 7) is 0.519. The van der Waals surface area contributed by atoms with Crippen LogP contribution in [0.1, 0.15) is 34.3 Å². The number of nitrogens with zero attached hydrogens (tertiary/aromatic N) is 1. The molecule has 5 amide bonds. The van der Waals surface area contributed by atoms with Crippen molar-refractivity contribution in [3.63, 3.8) is 0 Å². The molecule has 2 aliphatic rings. The van der Waals surface area contributed by atoms with Crippen LogP contribution in [0.4, 0.5) is 9.59 Å². The van der Waals surface area contributed by atoms with Crippen LogP contribution in [0.5, 0.6) is 0 Å². The molecular formula is C23H24N4O5S. The Kier molecular flexibility index (Phi) is 6.45. The number of allylic oxidation sites excluding steroid dienone is 1. The zero-order chi connectivity index (χ0) is 23.4. The largest absolute Gasteiger partial charge is 0.337 e. The molecule has 33 heavy (non-hydrogen) atoms. The number of hydrogen-bond donors (Lipinski definition) is 3. The van der Waals surface area contributed by atoms with Gasteiger partial charge in [-0.05, 0) is 48.6 Å². The molecule has 0 saturated carbocycles. The Morgan fingerprint density at radius 3 is 2.52 bits per heavy atom. The second kappa shape index (κ2) is 9.45. The summed E-state index contributed by atoms with van der Waals surface area (Å²) in [7, 11) is -4.00. The normalized spacial score (nSPS) is 17.0. The van der Waals surface area contributed by atoms with Gasteiger partial charge < -0.3 is 10.6 Å². The number of nitrogens with one attached hydrogen (secondary N) is 3. The molecule has 1 aliphatic heterocycles. The maximum atomic E-state index is 12.4. The summed E-state index contributed by atoms with van der Waals surface area (Å²) in [4.78, 5) is 37.8. The molecule has 9 nitrogen and oxygen atoms in total. The Morgan fingerprint density at radius 1 is 1.06 bits per heavy atom. The molecule has 0 radical (unpaired) electrons. The van der Waals surface area contributed by atoms with E-state index in [9.17, 15) is 22.8 Å². The fraction of sp³-hybridized carbons (Fsp3) is 0.261. The Balaban J connectivity index is 1.26. The van der Waals surface area contributed by atoms with E-state index >= 15 is 0 Å². The zero-order valence-corrected chi connectivity index (χ0v) is 18.6. The molecule has 4 rings (SSSR count). The van der Waals surface area contributed by atoms with Crippen molar-refractivity contribution in [2.24, 2.45) is 0 Å². The SMILES string of the molecule is O=C(NC1C=CCC1)NS(=O)(=O)c1ccc(CCNC(=O)N2Cc3ccccc3C2=O)cc1. The molecule has 3 N–H and O–H groups in total. The third-order valence-electron chi connectivity index (χ3n) is 5.55. The van der Waals surface area contributed by atoms with Gasteiger partial charge in [0.15, 0.2) is 0 Å². The van der Waals surface area contributed by atoms with Crippen LogP contribution in [-0.4, -0.2) is 43.9 Å². The van der Waals surface area contributed by atoms with Gasteiger partial charge in [0.25, 0.3) is 15.9 Å². The highest BCUT2D eigenvalue weighted by atomic mass is 32.2. The number of benzene rings is 2. The number of carbonyl (C=O) groups is 3. The molecule has 0 bridgehead atoms. The summed E-state index contributed by atoms with van der Waals surface area (Å²) in [5.41, 5.74) is 2.15. The molecule has 172 valence electrons. The first-order chi connectivity index (χ1) is 15.8. The van der Waals surface area contributed by atoms with Gasteiger partial charge in [-0.25, -0.2) is 22.7 Å². The van der Waals surface area contributed by atoms with E-state index in [0.29, 0.717) is 12.0 Å². The number of urea groups is 2. The van der Waals surface area contributed by atoms with Gasteiger partial charge in [0, 0.05) is 18.2 Å². The maximum Gasteiger partial charge on any atom is 0.329 e. The van der Waals surface area contributed by atoms with Crippen molar-refractivity contribution >= 4 is 28.0 Å². The smallest absolute Gasteiger partial charge is 0.329 e. The molecule has 1 atom stereocenters. The lowest BCUT2D eigenvalue weighted by atomic mass is 10.1. The van der Waals surface area contributed by atoms with Gasteiger partial charge >= 0.3 is 12.1 Å². The summed E-state index contributed by atoms with van der Waals surface area (Å²) in [5, 5.41) is 5.32. The van der Waals surface area contributed by atoms with Gasteiger partial charge in [0.2, 0.25) is 0 Å². The highest BCUT2D eigenvalue weighted by molar-refractivity contribution is 7.90. The first kappa shape index (κ1) is 22.5. The van der Waals surface area contributed by atoms with Crippen molar-refractivity contribution in [1.82, 2.24) is 20.3 Å². The summed E-state index contributed by atoms with van der Waals surface area (Å²) >= 11 is 0. The number of rotatable bonds is 6. The Hall–Kier alpha value is -3.66. The third kappa shape index (κ3) is 5.23. The van der Waals surface area contributed by atoms with Crippen LogP contribution >= 0.6 is 0 Å².